The van der Waals surface area contributed by atoms with E-state index in [0.717, 1.165) is 31.7 Å². The Morgan fingerprint density at radius 3 is 2.82 bits per heavy atom. The maximum absolute atomic E-state index is 9.57. The zero-order valence-corrected chi connectivity index (χ0v) is 13.5. The number of hydrogen-bond donors (Lipinski definition) is 1. The average Bonchev–Trinajstić information content (AvgIpc) is 2.96. The number of aliphatic hydroxyl groups is 1. The van der Waals surface area contributed by atoms with E-state index in [9.17, 15) is 5.11 Å². The lowest BCUT2D eigenvalue weighted by molar-refractivity contribution is 0.151. The number of rotatable bonds is 5. The van der Waals surface area contributed by atoms with E-state index < -0.39 is 0 Å². The molecule has 3 heteroatoms. The zero-order chi connectivity index (χ0) is 15.5. The first kappa shape index (κ1) is 15.3. The predicted molar refractivity (Wildman–Crippen MR) is 90.2 cm³/mol. The molecule has 0 aromatic heterocycles. The molecule has 1 heterocycles. The summed E-state index contributed by atoms with van der Waals surface area (Å²) in [5.74, 6) is 0.970. The number of fused-ring (bicyclic) bond motifs is 1. The van der Waals surface area contributed by atoms with Crippen LogP contribution in [0.25, 0.3) is 10.8 Å². The number of aliphatic hydroxyl groups excluding tert-OH is 1. The van der Waals surface area contributed by atoms with Crippen molar-refractivity contribution in [1.82, 2.24) is 4.90 Å². The Bertz CT molecular complexity index is 638. The van der Waals surface area contributed by atoms with Crippen LogP contribution in [0.2, 0.25) is 0 Å². The summed E-state index contributed by atoms with van der Waals surface area (Å²) in [6.45, 7) is 6.26. The Morgan fingerprint density at radius 2 is 2.05 bits per heavy atom. The van der Waals surface area contributed by atoms with Gasteiger partial charge in [-0.15, -0.1) is 0 Å². The molecule has 1 saturated heterocycles. The van der Waals surface area contributed by atoms with Crippen LogP contribution in [-0.4, -0.2) is 35.3 Å². The van der Waals surface area contributed by atoms with Crippen molar-refractivity contribution in [1.29, 1.82) is 0 Å². The highest BCUT2D eigenvalue weighted by atomic mass is 16.5. The van der Waals surface area contributed by atoms with Gasteiger partial charge in [-0.05, 0) is 50.1 Å². The lowest BCUT2D eigenvalue weighted by Gasteiger charge is -2.25. The van der Waals surface area contributed by atoms with Gasteiger partial charge in [0.25, 0.3) is 0 Å². The molecule has 2 aromatic carbocycles. The van der Waals surface area contributed by atoms with Crippen molar-refractivity contribution in [2.24, 2.45) is 0 Å². The summed E-state index contributed by atoms with van der Waals surface area (Å²) < 4.78 is 6.04. The molecular formula is C19H25NO2. The van der Waals surface area contributed by atoms with Gasteiger partial charge in [-0.25, -0.2) is 0 Å². The normalized spacial score (nSPS) is 19.2. The van der Waals surface area contributed by atoms with E-state index in [1.165, 1.54) is 16.3 Å². The van der Waals surface area contributed by atoms with E-state index in [2.05, 4.69) is 55.1 Å². The summed E-state index contributed by atoms with van der Waals surface area (Å²) in [5, 5.41) is 12.1. The summed E-state index contributed by atoms with van der Waals surface area (Å²) in [7, 11) is 0. The Balaban J connectivity index is 2.00. The highest BCUT2D eigenvalue weighted by molar-refractivity contribution is 5.87. The monoisotopic (exact) mass is 299 g/mol. The van der Waals surface area contributed by atoms with Gasteiger partial charge in [-0.2, -0.15) is 0 Å². The zero-order valence-electron chi connectivity index (χ0n) is 13.5. The van der Waals surface area contributed by atoms with Crippen molar-refractivity contribution < 1.29 is 9.84 Å². The van der Waals surface area contributed by atoms with Crippen LogP contribution < -0.4 is 4.74 Å². The van der Waals surface area contributed by atoms with Crippen molar-refractivity contribution in [3.8, 4) is 5.75 Å². The molecule has 0 unspecified atom stereocenters. The number of likely N-dealkylation sites (tertiary alicyclic amines) is 1. The van der Waals surface area contributed by atoms with Gasteiger partial charge in [-0.1, -0.05) is 30.3 Å². The first-order valence-electron chi connectivity index (χ1n) is 8.21. The summed E-state index contributed by atoms with van der Waals surface area (Å²) in [6.07, 6.45) is 2.41. The predicted octanol–water partition coefficient (Wildman–Crippen LogP) is 3.58. The van der Waals surface area contributed by atoms with Crippen molar-refractivity contribution in [3.05, 3.63) is 42.0 Å². The van der Waals surface area contributed by atoms with Crippen LogP contribution in [0.4, 0.5) is 0 Å². The molecule has 3 rings (SSSR count). The molecule has 3 nitrogen and oxygen atoms in total. The fourth-order valence-electron chi connectivity index (χ4n) is 3.36. The molecule has 0 aliphatic carbocycles. The largest absolute Gasteiger partial charge is 0.491 e. The third-order valence-corrected chi connectivity index (χ3v) is 4.43. The van der Waals surface area contributed by atoms with Crippen LogP contribution >= 0.6 is 0 Å². The molecule has 0 radical (unpaired) electrons. The summed E-state index contributed by atoms with van der Waals surface area (Å²) in [5.41, 5.74) is 1.24. The molecule has 1 N–H and O–H groups in total. The molecule has 1 atom stereocenters. The minimum absolute atomic E-state index is 0.159. The van der Waals surface area contributed by atoms with E-state index in [1.54, 1.807) is 0 Å². The Morgan fingerprint density at radius 1 is 1.23 bits per heavy atom. The molecule has 1 aliphatic heterocycles. The maximum atomic E-state index is 9.57. The van der Waals surface area contributed by atoms with E-state index in [4.69, 9.17) is 4.74 Å². The fraction of sp³-hybridized carbons (Fsp3) is 0.474. The van der Waals surface area contributed by atoms with Crippen molar-refractivity contribution in [3.63, 3.8) is 0 Å². The van der Waals surface area contributed by atoms with Crippen LogP contribution in [0.5, 0.6) is 5.75 Å². The van der Waals surface area contributed by atoms with Crippen LogP contribution in [0, 0.1) is 0 Å². The minimum Gasteiger partial charge on any atom is -0.491 e. The summed E-state index contributed by atoms with van der Waals surface area (Å²) in [4.78, 5) is 2.38. The van der Waals surface area contributed by atoms with Gasteiger partial charge in [0.05, 0.1) is 12.7 Å². The third-order valence-electron chi connectivity index (χ3n) is 4.43. The number of nitrogens with zero attached hydrogens (tertiary/aromatic N) is 1. The first-order valence-corrected chi connectivity index (χ1v) is 8.21. The van der Waals surface area contributed by atoms with E-state index in [0.29, 0.717) is 0 Å². The highest BCUT2D eigenvalue weighted by Crippen LogP contribution is 2.32. The van der Waals surface area contributed by atoms with E-state index in [1.807, 2.05) is 0 Å². The second-order valence-corrected chi connectivity index (χ2v) is 6.38. The second-order valence-electron chi connectivity index (χ2n) is 6.38. The summed E-state index contributed by atoms with van der Waals surface area (Å²) >= 11 is 0. The van der Waals surface area contributed by atoms with Gasteiger partial charge in [0.1, 0.15) is 5.75 Å². The standard InChI is InChI=1S/C19H25NO2/c1-14(2)22-19-10-9-15-6-3-4-8-17(15)18(19)12-20-11-5-7-16(20)13-21/h3-4,6,8-10,14,16,21H,5,7,11-13H2,1-2H3/t16-/m0/s1. The van der Waals surface area contributed by atoms with E-state index in [-0.39, 0.29) is 18.8 Å². The number of ether oxygens (including phenoxy) is 1. The van der Waals surface area contributed by atoms with Crippen LogP contribution in [0.15, 0.2) is 36.4 Å². The molecule has 1 fully saturated rings. The minimum atomic E-state index is 0.159. The van der Waals surface area contributed by atoms with Gasteiger partial charge in [0.15, 0.2) is 0 Å². The Labute approximate surface area is 132 Å². The molecule has 0 saturated carbocycles. The van der Waals surface area contributed by atoms with E-state index >= 15 is 0 Å². The lowest BCUT2D eigenvalue weighted by atomic mass is 10.0. The molecule has 1 aliphatic rings. The van der Waals surface area contributed by atoms with Gasteiger partial charge >= 0.3 is 0 Å². The first-order chi connectivity index (χ1) is 10.7. The molecule has 0 amide bonds. The topological polar surface area (TPSA) is 32.7 Å². The maximum Gasteiger partial charge on any atom is 0.124 e. The van der Waals surface area contributed by atoms with Gasteiger partial charge < -0.3 is 9.84 Å². The van der Waals surface area contributed by atoms with Gasteiger partial charge in [0.2, 0.25) is 0 Å². The molecule has 118 valence electrons. The fourth-order valence-corrected chi connectivity index (χ4v) is 3.36. The van der Waals surface area contributed by atoms with Gasteiger partial charge in [-0.3, -0.25) is 4.90 Å². The smallest absolute Gasteiger partial charge is 0.124 e. The van der Waals surface area contributed by atoms with Crippen molar-refractivity contribution in [2.45, 2.75) is 45.4 Å². The van der Waals surface area contributed by atoms with Crippen molar-refractivity contribution in [2.75, 3.05) is 13.2 Å². The average molecular weight is 299 g/mol. The molecule has 0 bridgehead atoms. The third kappa shape index (κ3) is 3.11. The van der Waals surface area contributed by atoms with Crippen molar-refractivity contribution >= 4 is 10.8 Å². The molecule has 2 aromatic rings. The van der Waals surface area contributed by atoms with Crippen LogP contribution in [-0.2, 0) is 6.54 Å². The number of hydrogen-bond acceptors (Lipinski definition) is 3. The second kappa shape index (κ2) is 6.67. The Hall–Kier alpha value is -1.58. The molecular weight excluding hydrogens is 274 g/mol. The Kier molecular flexibility index (Phi) is 4.65. The van der Waals surface area contributed by atoms with Crippen LogP contribution in [0.3, 0.4) is 0 Å². The highest BCUT2D eigenvalue weighted by Gasteiger charge is 2.25. The molecule has 0 spiro atoms. The quantitative estimate of drug-likeness (QED) is 0.916. The number of benzene rings is 2. The lowest BCUT2D eigenvalue weighted by Crippen LogP contribution is -2.32. The molecule has 22 heavy (non-hydrogen) atoms. The SMILES string of the molecule is CC(C)Oc1ccc2ccccc2c1CN1CCC[C@H]1CO. The van der Waals surface area contributed by atoms with Gasteiger partial charge in [0, 0.05) is 18.2 Å². The summed E-state index contributed by atoms with van der Waals surface area (Å²) in [6, 6.07) is 13.0. The van der Waals surface area contributed by atoms with Crippen LogP contribution in [0.1, 0.15) is 32.3 Å².